The van der Waals surface area contributed by atoms with Gasteiger partial charge in [-0.3, -0.25) is 14.5 Å². The van der Waals surface area contributed by atoms with Crippen LogP contribution in [-0.2, 0) is 9.59 Å². The summed E-state index contributed by atoms with van der Waals surface area (Å²) in [5, 5.41) is 3.36. The zero-order valence-electron chi connectivity index (χ0n) is 22.1. The molecule has 2 amide bonds. The highest BCUT2D eigenvalue weighted by Gasteiger charge is 2.44. The van der Waals surface area contributed by atoms with Crippen molar-refractivity contribution in [1.29, 1.82) is 0 Å². The lowest BCUT2D eigenvalue weighted by atomic mass is 10.1. The Kier molecular flexibility index (Phi) is 10.1. The highest BCUT2D eigenvalue weighted by atomic mass is 79.9. The first kappa shape index (κ1) is 28.5. The maximum Gasteiger partial charge on any atom is 0.256 e. The molecule has 0 radical (unpaired) electrons. The minimum Gasteiger partial charge on any atom is -0.494 e. The van der Waals surface area contributed by atoms with Gasteiger partial charge in [0.2, 0.25) is 5.91 Å². The summed E-state index contributed by atoms with van der Waals surface area (Å²) in [6.45, 7) is 11.6. The second kappa shape index (κ2) is 13.5. The molecule has 2 aliphatic rings. The number of anilines is 2. The van der Waals surface area contributed by atoms with Gasteiger partial charge < -0.3 is 24.8 Å². The van der Waals surface area contributed by atoms with Gasteiger partial charge in [-0.2, -0.15) is 0 Å². The first-order chi connectivity index (χ1) is 18.4. The Morgan fingerprint density at radius 2 is 1.66 bits per heavy atom. The van der Waals surface area contributed by atoms with Crippen molar-refractivity contribution in [3.05, 3.63) is 53.0 Å². The van der Waals surface area contributed by atoms with E-state index in [-0.39, 0.29) is 18.2 Å². The van der Waals surface area contributed by atoms with E-state index in [4.69, 9.17) is 17.0 Å². The molecule has 2 aromatic rings. The number of likely N-dealkylation sites (N-methyl/N-ethyl adjacent to an activating group) is 1. The van der Waals surface area contributed by atoms with Crippen LogP contribution in [-0.4, -0.2) is 90.1 Å². The molecule has 1 N–H and O–H groups in total. The number of piperazine rings is 1. The number of nitrogens with one attached hydrogen (secondary N) is 1. The first-order valence-electron chi connectivity index (χ1n) is 13.3. The van der Waals surface area contributed by atoms with Gasteiger partial charge in [-0.05, 0) is 87.2 Å². The molecule has 2 saturated heterocycles. The van der Waals surface area contributed by atoms with E-state index < -0.39 is 6.04 Å². The monoisotopic (exact) mass is 601 g/mol. The van der Waals surface area contributed by atoms with Crippen LogP contribution >= 0.6 is 28.1 Å². The lowest BCUT2D eigenvalue weighted by Crippen LogP contribution is -2.47. The van der Waals surface area contributed by atoms with Crippen molar-refractivity contribution in [2.24, 2.45) is 0 Å². The second-order valence-electron chi connectivity index (χ2n) is 9.48. The molecule has 10 heteroatoms. The summed E-state index contributed by atoms with van der Waals surface area (Å²) in [6, 6.07) is 14.1. The third kappa shape index (κ3) is 7.11. The van der Waals surface area contributed by atoms with Gasteiger partial charge in [0.15, 0.2) is 5.11 Å². The second-order valence-corrected chi connectivity index (χ2v) is 10.8. The van der Waals surface area contributed by atoms with Crippen molar-refractivity contribution in [2.75, 3.05) is 62.6 Å². The fraction of sp³-hybridized carbons (Fsp3) is 0.464. The Hall–Kier alpha value is -2.53. The highest BCUT2D eigenvalue weighted by Crippen LogP contribution is 2.29. The van der Waals surface area contributed by atoms with Gasteiger partial charge in [0, 0.05) is 42.9 Å². The summed E-state index contributed by atoms with van der Waals surface area (Å²) >= 11 is 9.23. The summed E-state index contributed by atoms with van der Waals surface area (Å²) < 4.78 is 6.48. The van der Waals surface area contributed by atoms with Crippen molar-refractivity contribution in [1.82, 2.24) is 14.7 Å². The van der Waals surface area contributed by atoms with Crippen LogP contribution in [0.15, 0.2) is 53.0 Å². The largest absolute Gasteiger partial charge is 0.494 e. The number of halogens is 1. The molecule has 4 rings (SSSR count). The van der Waals surface area contributed by atoms with Crippen molar-refractivity contribution >= 4 is 56.4 Å². The lowest BCUT2D eigenvalue weighted by molar-refractivity contribution is -0.124. The molecule has 0 saturated carbocycles. The molecular weight excluding hydrogens is 566 g/mol. The molecule has 0 bridgehead atoms. The van der Waals surface area contributed by atoms with E-state index in [0.717, 1.165) is 55.9 Å². The van der Waals surface area contributed by atoms with Gasteiger partial charge in [0.05, 0.1) is 18.7 Å². The van der Waals surface area contributed by atoms with Crippen LogP contribution in [0.4, 0.5) is 11.4 Å². The molecule has 1 atom stereocenters. The summed E-state index contributed by atoms with van der Waals surface area (Å²) in [4.78, 5) is 35.1. The average molecular weight is 603 g/mol. The van der Waals surface area contributed by atoms with Crippen molar-refractivity contribution < 1.29 is 14.3 Å². The Balaban J connectivity index is 1.45. The van der Waals surface area contributed by atoms with Gasteiger partial charge in [-0.15, -0.1) is 0 Å². The number of hydrogen-bond acceptors (Lipinski definition) is 6. The molecule has 2 aliphatic heterocycles. The Labute approximate surface area is 239 Å². The number of nitrogens with zero attached hydrogens (tertiary/aromatic N) is 4. The van der Waals surface area contributed by atoms with Crippen molar-refractivity contribution in [3.8, 4) is 5.75 Å². The quantitative estimate of drug-likeness (QED) is 0.387. The standard InChI is InChI=1S/C28H36BrN5O3S/c1-3-31-16-18-32(19-17-31)14-5-15-33-25(20-26(35)30-22-8-6-21(29)7-9-22)27(36)34(28(33)38)23-10-12-24(13-11-23)37-4-2/h6-13,25H,3-5,14-20H2,1-2H3,(H,30,35)/t25-/m1/s1. The fourth-order valence-electron chi connectivity index (χ4n) is 4.90. The summed E-state index contributed by atoms with van der Waals surface area (Å²) in [6.07, 6.45) is 0.888. The van der Waals surface area contributed by atoms with E-state index in [0.29, 0.717) is 29.6 Å². The van der Waals surface area contributed by atoms with Gasteiger partial charge in [0.1, 0.15) is 11.8 Å². The normalized spacial score (nSPS) is 18.8. The maximum absolute atomic E-state index is 13.7. The number of amides is 2. The SMILES string of the molecule is CCOc1ccc(N2C(=O)[C@@H](CC(=O)Nc3ccc(Br)cc3)N(CCCN3CCN(CC)CC3)C2=S)cc1. The molecular formula is C28H36BrN5O3S. The molecule has 0 spiro atoms. The molecule has 2 aromatic carbocycles. The summed E-state index contributed by atoms with van der Waals surface area (Å²) in [5.74, 6) is 0.337. The average Bonchev–Trinajstić information content (AvgIpc) is 3.15. The third-order valence-electron chi connectivity index (χ3n) is 7.02. The van der Waals surface area contributed by atoms with E-state index in [1.165, 1.54) is 0 Å². The van der Waals surface area contributed by atoms with Crippen LogP contribution in [0.2, 0.25) is 0 Å². The predicted octanol–water partition coefficient (Wildman–Crippen LogP) is 4.21. The molecule has 2 fully saturated rings. The van der Waals surface area contributed by atoms with Crippen LogP contribution in [0.5, 0.6) is 5.75 Å². The molecule has 204 valence electrons. The number of carbonyl (C=O) groups is 2. The predicted molar refractivity (Wildman–Crippen MR) is 159 cm³/mol. The Morgan fingerprint density at radius 3 is 2.29 bits per heavy atom. The van der Waals surface area contributed by atoms with E-state index in [1.54, 1.807) is 4.90 Å². The zero-order valence-corrected chi connectivity index (χ0v) is 24.5. The lowest BCUT2D eigenvalue weighted by Gasteiger charge is -2.34. The molecule has 8 nitrogen and oxygen atoms in total. The minimum absolute atomic E-state index is 0.0255. The maximum atomic E-state index is 13.7. The molecule has 0 aromatic heterocycles. The Morgan fingerprint density at radius 1 is 1.00 bits per heavy atom. The number of rotatable bonds is 11. The number of benzene rings is 2. The molecule has 38 heavy (non-hydrogen) atoms. The van der Waals surface area contributed by atoms with Crippen LogP contribution in [0.3, 0.4) is 0 Å². The molecule has 0 aliphatic carbocycles. The van der Waals surface area contributed by atoms with Crippen LogP contribution < -0.4 is 15.0 Å². The first-order valence-corrected chi connectivity index (χ1v) is 14.5. The fourth-order valence-corrected chi connectivity index (χ4v) is 5.58. The highest BCUT2D eigenvalue weighted by molar-refractivity contribution is 9.10. The number of thiocarbonyl (C=S) groups is 1. The number of hydrogen-bond donors (Lipinski definition) is 1. The molecule has 2 heterocycles. The number of ether oxygens (including phenoxy) is 1. The van der Waals surface area contributed by atoms with E-state index in [9.17, 15) is 9.59 Å². The van der Waals surface area contributed by atoms with E-state index in [1.807, 2.05) is 60.4 Å². The van der Waals surface area contributed by atoms with E-state index in [2.05, 4.69) is 38.0 Å². The van der Waals surface area contributed by atoms with Gasteiger partial charge in [0.25, 0.3) is 5.91 Å². The Bertz CT molecular complexity index is 1110. The number of carbonyl (C=O) groups excluding carboxylic acids is 2. The third-order valence-corrected chi connectivity index (χ3v) is 7.96. The van der Waals surface area contributed by atoms with Gasteiger partial charge in [-0.1, -0.05) is 22.9 Å². The zero-order chi connectivity index (χ0) is 27.1. The summed E-state index contributed by atoms with van der Waals surface area (Å²) in [7, 11) is 0. The smallest absolute Gasteiger partial charge is 0.256 e. The van der Waals surface area contributed by atoms with Gasteiger partial charge >= 0.3 is 0 Å². The van der Waals surface area contributed by atoms with Crippen LogP contribution in [0.1, 0.15) is 26.7 Å². The van der Waals surface area contributed by atoms with Crippen LogP contribution in [0.25, 0.3) is 0 Å². The van der Waals surface area contributed by atoms with Crippen LogP contribution in [0, 0.1) is 0 Å². The minimum atomic E-state index is -0.651. The van der Waals surface area contributed by atoms with Crippen molar-refractivity contribution in [2.45, 2.75) is 32.7 Å². The van der Waals surface area contributed by atoms with Gasteiger partial charge in [-0.25, -0.2) is 0 Å². The van der Waals surface area contributed by atoms with Crippen molar-refractivity contribution in [3.63, 3.8) is 0 Å². The topological polar surface area (TPSA) is 68.4 Å². The molecule has 0 unspecified atom stereocenters. The van der Waals surface area contributed by atoms with E-state index >= 15 is 0 Å². The summed E-state index contributed by atoms with van der Waals surface area (Å²) in [5.41, 5.74) is 1.37.